The minimum Gasteiger partial charge on any atom is -0.485 e. The summed E-state index contributed by atoms with van der Waals surface area (Å²) in [6.45, 7) is 4.16. The zero-order valence-electron chi connectivity index (χ0n) is 11.6. The second-order valence-electron chi connectivity index (χ2n) is 5.40. The molecule has 104 valence electrons. The van der Waals surface area contributed by atoms with Gasteiger partial charge in [-0.15, -0.1) is 0 Å². The molecule has 0 amide bonds. The Balaban J connectivity index is 1.99. The molecule has 1 heterocycles. The van der Waals surface area contributed by atoms with Crippen molar-refractivity contribution < 1.29 is 9.84 Å². The summed E-state index contributed by atoms with van der Waals surface area (Å²) in [6.07, 6.45) is 0.0213. The van der Waals surface area contributed by atoms with Crippen LogP contribution < -0.4 is 4.74 Å². The lowest BCUT2D eigenvalue weighted by Crippen LogP contribution is -2.19. The molecule has 0 fully saturated rings. The fraction of sp³-hybridized carbons (Fsp3) is 0.294. The Morgan fingerprint density at radius 1 is 1.10 bits per heavy atom. The standard InChI is InChI=1S/C17H17BrO2/c1-10-3-4-11(2)13(7-10)17-9-15(19)14-8-12(18)5-6-16(14)20-17/h3-8,15,17,19H,9H2,1-2H3. The summed E-state index contributed by atoms with van der Waals surface area (Å²) in [5.41, 5.74) is 4.44. The third-order valence-corrected chi connectivity index (χ3v) is 4.31. The summed E-state index contributed by atoms with van der Waals surface area (Å²) >= 11 is 3.43. The van der Waals surface area contributed by atoms with E-state index in [0.29, 0.717) is 6.42 Å². The van der Waals surface area contributed by atoms with Crippen molar-refractivity contribution in [1.29, 1.82) is 0 Å². The number of hydrogen-bond donors (Lipinski definition) is 1. The van der Waals surface area contributed by atoms with Crippen molar-refractivity contribution in [2.24, 2.45) is 0 Å². The smallest absolute Gasteiger partial charge is 0.127 e. The van der Waals surface area contributed by atoms with E-state index >= 15 is 0 Å². The van der Waals surface area contributed by atoms with Crippen LogP contribution in [0.25, 0.3) is 0 Å². The number of benzene rings is 2. The number of halogens is 1. The molecular weight excluding hydrogens is 316 g/mol. The number of hydrogen-bond acceptors (Lipinski definition) is 2. The first kappa shape index (κ1) is 13.7. The van der Waals surface area contributed by atoms with Gasteiger partial charge in [0.15, 0.2) is 0 Å². The molecule has 2 aromatic carbocycles. The Morgan fingerprint density at radius 3 is 2.70 bits per heavy atom. The van der Waals surface area contributed by atoms with Crippen LogP contribution in [0.1, 0.15) is 40.9 Å². The summed E-state index contributed by atoms with van der Waals surface area (Å²) in [5, 5.41) is 10.4. The van der Waals surface area contributed by atoms with E-state index in [1.165, 1.54) is 11.1 Å². The molecular formula is C17H17BrO2. The molecule has 0 saturated heterocycles. The number of fused-ring (bicyclic) bond motifs is 1. The highest BCUT2D eigenvalue weighted by molar-refractivity contribution is 9.10. The van der Waals surface area contributed by atoms with Gasteiger partial charge >= 0.3 is 0 Å². The molecule has 3 rings (SSSR count). The lowest BCUT2D eigenvalue weighted by Gasteiger charge is -2.31. The van der Waals surface area contributed by atoms with Crippen molar-refractivity contribution in [3.05, 3.63) is 63.1 Å². The molecule has 0 aromatic heterocycles. The minimum atomic E-state index is -0.485. The van der Waals surface area contributed by atoms with Gasteiger partial charge in [0.25, 0.3) is 0 Å². The van der Waals surface area contributed by atoms with Gasteiger partial charge in [0.05, 0.1) is 6.10 Å². The monoisotopic (exact) mass is 332 g/mol. The van der Waals surface area contributed by atoms with Crippen LogP contribution in [0.5, 0.6) is 5.75 Å². The fourth-order valence-corrected chi connectivity index (χ4v) is 3.09. The van der Waals surface area contributed by atoms with E-state index in [-0.39, 0.29) is 6.10 Å². The number of aliphatic hydroxyl groups excluding tert-OH is 1. The summed E-state index contributed by atoms with van der Waals surface area (Å²) in [5.74, 6) is 0.776. The lowest BCUT2D eigenvalue weighted by molar-refractivity contribution is 0.0654. The van der Waals surface area contributed by atoms with E-state index in [1.54, 1.807) is 0 Å². The van der Waals surface area contributed by atoms with Crippen molar-refractivity contribution in [3.8, 4) is 5.75 Å². The summed E-state index contributed by atoms with van der Waals surface area (Å²) in [6, 6.07) is 12.1. The number of ether oxygens (including phenoxy) is 1. The average molecular weight is 333 g/mol. The maximum atomic E-state index is 10.4. The summed E-state index contributed by atoms with van der Waals surface area (Å²) in [7, 11) is 0. The Hall–Kier alpha value is -1.32. The van der Waals surface area contributed by atoms with Crippen LogP contribution in [0, 0.1) is 13.8 Å². The zero-order chi connectivity index (χ0) is 14.3. The van der Waals surface area contributed by atoms with E-state index in [4.69, 9.17) is 4.74 Å². The highest BCUT2D eigenvalue weighted by Gasteiger charge is 2.29. The van der Waals surface area contributed by atoms with Crippen LogP contribution in [-0.4, -0.2) is 5.11 Å². The quantitative estimate of drug-likeness (QED) is 0.825. The molecule has 0 bridgehead atoms. The van der Waals surface area contributed by atoms with Crippen molar-refractivity contribution in [2.45, 2.75) is 32.5 Å². The maximum Gasteiger partial charge on any atom is 0.127 e. The van der Waals surface area contributed by atoms with Gasteiger partial charge in [-0.05, 0) is 43.2 Å². The van der Waals surface area contributed by atoms with Gasteiger partial charge in [0.1, 0.15) is 11.9 Å². The first-order valence-corrected chi connectivity index (χ1v) is 7.55. The average Bonchev–Trinajstić information content (AvgIpc) is 2.42. The molecule has 2 nitrogen and oxygen atoms in total. The fourth-order valence-electron chi connectivity index (χ4n) is 2.72. The van der Waals surface area contributed by atoms with E-state index in [0.717, 1.165) is 21.3 Å². The Morgan fingerprint density at radius 2 is 1.90 bits per heavy atom. The molecule has 0 spiro atoms. The predicted octanol–water partition coefficient (Wildman–Crippen LogP) is 4.62. The van der Waals surface area contributed by atoms with Crippen LogP contribution in [0.3, 0.4) is 0 Å². The van der Waals surface area contributed by atoms with Crippen molar-refractivity contribution in [1.82, 2.24) is 0 Å². The molecule has 0 aliphatic carbocycles. The van der Waals surface area contributed by atoms with Gasteiger partial charge in [-0.1, -0.05) is 39.7 Å². The number of aryl methyl sites for hydroxylation is 2. The van der Waals surface area contributed by atoms with Gasteiger partial charge in [-0.2, -0.15) is 0 Å². The van der Waals surface area contributed by atoms with E-state index in [2.05, 4.69) is 48.0 Å². The third-order valence-electron chi connectivity index (χ3n) is 3.82. The van der Waals surface area contributed by atoms with Gasteiger partial charge < -0.3 is 9.84 Å². The van der Waals surface area contributed by atoms with Crippen LogP contribution in [0.15, 0.2) is 40.9 Å². The van der Waals surface area contributed by atoms with Crippen LogP contribution in [0.2, 0.25) is 0 Å². The first-order valence-electron chi connectivity index (χ1n) is 6.76. The largest absolute Gasteiger partial charge is 0.485 e. The second-order valence-corrected chi connectivity index (χ2v) is 6.32. The van der Waals surface area contributed by atoms with Gasteiger partial charge in [0, 0.05) is 16.5 Å². The third kappa shape index (κ3) is 2.48. The molecule has 0 radical (unpaired) electrons. The summed E-state index contributed by atoms with van der Waals surface area (Å²) in [4.78, 5) is 0. The number of rotatable bonds is 1. The maximum absolute atomic E-state index is 10.4. The Kier molecular flexibility index (Phi) is 3.57. The topological polar surface area (TPSA) is 29.5 Å². The number of aliphatic hydroxyl groups is 1. The normalized spacial score (nSPS) is 21.2. The molecule has 2 aromatic rings. The van der Waals surface area contributed by atoms with E-state index in [1.807, 2.05) is 18.2 Å². The highest BCUT2D eigenvalue weighted by atomic mass is 79.9. The van der Waals surface area contributed by atoms with Crippen LogP contribution >= 0.6 is 15.9 Å². The molecule has 2 atom stereocenters. The zero-order valence-corrected chi connectivity index (χ0v) is 13.1. The Labute approximate surface area is 127 Å². The van der Waals surface area contributed by atoms with E-state index in [9.17, 15) is 5.11 Å². The Bertz CT molecular complexity index is 651. The second kappa shape index (κ2) is 5.23. The van der Waals surface area contributed by atoms with Crippen molar-refractivity contribution in [2.75, 3.05) is 0 Å². The lowest BCUT2D eigenvalue weighted by atomic mass is 9.92. The summed E-state index contributed by atoms with van der Waals surface area (Å²) < 4.78 is 7.06. The molecule has 2 unspecified atom stereocenters. The van der Waals surface area contributed by atoms with Gasteiger partial charge in [-0.25, -0.2) is 0 Å². The SMILES string of the molecule is Cc1ccc(C)c(C2CC(O)c3cc(Br)ccc3O2)c1. The van der Waals surface area contributed by atoms with Gasteiger partial charge in [-0.3, -0.25) is 0 Å². The first-order chi connectivity index (χ1) is 9.54. The molecule has 0 saturated carbocycles. The molecule has 3 heteroatoms. The molecule has 1 N–H and O–H groups in total. The molecule has 20 heavy (non-hydrogen) atoms. The van der Waals surface area contributed by atoms with Crippen molar-refractivity contribution >= 4 is 15.9 Å². The minimum absolute atomic E-state index is 0.0847. The highest BCUT2D eigenvalue weighted by Crippen LogP contribution is 2.42. The van der Waals surface area contributed by atoms with Crippen molar-refractivity contribution in [3.63, 3.8) is 0 Å². The van der Waals surface area contributed by atoms with Gasteiger partial charge in [0.2, 0.25) is 0 Å². The predicted molar refractivity (Wildman–Crippen MR) is 83.0 cm³/mol. The van der Waals surface area contributed by atoms with Crippen LogP contribution in [-0.2, 0) is 0 Å². The van der Waals surface area contributed by atoms with Crippen LogP contribution in [0.4, 0.5) is 0 Å². The molecule has 1 aliphatic heterocycles. The molecule has 1 aliphatic rings. The van der Waals surface area contributed by atoms with E-state index < -0.39 is 6.10 Å².